The van der Waals surface area contributed by atoms with Crippen LogP contribution in [0.1, 0.15) is 0 Å². The molecular formula is C19H21N3O6S. The number of hydrogen-bond acceptors (Lipinski definition) is 6. The minimum absolute atomic E-state index is 0.0261. The Morgan fingerprint density at radius 2 is 1.93 bits per heavy atom. The number of hydrogen-bond donors (Lipinski definition) is 1. The van der Waals surface area contributed by atoms with Crippen LogP contribution in [0.4, 0.5) is 5.69 Å². The molecule has 1 heterocycles. The van der Waals surface area contributed by atoms with Gasteiger partial charge in [0.05, 0.1) is 22.7 Å². The minimum Gasteiger partial charge on any atom is -0.408 e. The van der Waals surface area contributed by atoms with Crippen LogP contribution in [0.5, 0.6) is 0 Å². The second kappa shape index (κ2) is 8.50. The second-order valence-corrected chi connectivity index (χ2v) is 8.20. The maximum atomic E-state index is 12.9. The van der Waals surface area contributed by atoms with E-state index in [1.54, 1.807) is 30.3 Å². The van der Waals surface area contributed by atoms with Crippen LogP contribution < -0.4 is 15.4 Å². The Balaban J connectivity index is 1.90. The molecule has 154 valence electrons. The summed E-state index contributed by atoms with van der Waals surface area (Å²) in [5.41, 5.74) is 0.916. The van der Waals surface area contributed by atoms with Crippen LogP contribution in [0.3, 0.4) is 0 Å². The molecule has 0 unspecified atom stereocenters. The first-order valence-electron chi connectivity index (χ1n) is 8.77. The summed E-state index contributed by atoms with van der Waals surface area (Å²) in [7, 11) is -0.896. The molecule has 0 aliphatic heterocycles. The number of sulfonamides is 1. The van der Waals surface area contributed by atoms with Crippen molar-refractivity contribution in [1.82, 2.24) is 9.88 Å². The van der Waals surface area contributed by atoms with E-state index in [0.717, 1.165) is 8.87 Å². The van der Waals surface area contributed by atoms with Gasteiger partial charge < -0.3 is 14.5 Å². The number of nitrogens with zero attached hydrogens (tertiary/aromatic N) is 2. The molecule has 0 saturated carbocycles. The average Bonchev–Trinajstić information content (AvgIpc) is 3.02. The Kier molecular flexibility index (Phi) is 6.04. The second-order valence-electron chi connectivity index (χ2n) is 6.23. The predicted molar refractivity (Wildman–Crippen MR) is 107 cm³/mol. The van der Waals surface area contributed by atoms with Crippen LogP contribution in [-0.2, 0) is 26.1 Å². The summed E-state index contributed by atoms with van der Waals surface area (Å²) >= 11 is 0. The zero-order valence-corrected chi connectivity index (χ0v) is 16.8. The Morgan fingerprint density at radius 3 is 2.62 bits per heavy atom. The topological polar surface area (TPSA) is 111 Å². The lowest BCUT2D eigenvalue weighted by Gasteiger charge is -2.19. The zero-order chi connectivity index (χ0) is 21.0. The number of carbonyl (C=O) groups is 1. The van der Waals surface area contributed by atoms with E-state index in [1.807, 2.05) is 0 Å². The number of carbonyl (C=O) groups excluding carboxylic acids is 1. The van der Waals surface area contributed by atoms with Gasteiger partial charge in [0.15, 0.2) is 5.58 Å². The van der Waals surface area contributed by atoms with Crippen LogP contribution in [0.25, 0.3) is 11.1 Å². The number of methoxy groups -OCH3 is 1. The number of ether oxygens (including phenoxy) is 1. The molecule has 0 bridgehead atoms. The van der Waals surface area contributed by atoms with Crippen molar-refractivity contribution in [3.63, 3.8) is 0 Å². The molecule has 0 aliphatic carbocycles. The number of aromatic nitrogens is 1. The average molecular weight is 419 g/mol. The molecule has 0 radical (unpaired) electrons. The monoisotopic (exact) mass is 419 g/mol. The number of amides is 1. The van der Waals surface area contributed by atoms with Crippen molar-refractivity contribution in [3.05, 3.63) is 59.1 Å². The maximum Gasteiger partial charge on any atom is 0.420 e. The van der Waals surface area contributed by atoms with Crippen molar-refractivity contribution in [2.45, 2.75) is 11.4 Å². The van der Waals surface area contributed by atoms with Crippen molar-refractivity contribution in [3.8, 4) is 0 Å². The lowest BCUT2D eigenvalue weighted by atomic mass is 10.3. The van der Waals surface area contributed by atoms with E-state index >= 15 is 0 Å². The van der Waals surface area contributed by atoms with Crippen molar-refractivity contribution in [2.24, 2.45) is 0 Å². The maximum absolute atomic E-state index is 12.9. The molecule has 1 amide bonds. The van der Waals surface area contributed by atoms with Crippen LogP contribution in [0, 0.1) is 0 Å². The van der Waals surface area contributed by atoms with Crippen molar-refractivity contribution >= 4 is 32.7 Å². The Hall–Kier alpha value is -3.11. The first-order chi connectivity index (χ1) is 13.8. The third kappa shape index (κ3) is 4.33. The van der Waals surface area contributed by atoms with Gasteiger partial charge in [0, 0.05) is 26.8 Å². The minimum atomic E-state index is -3.86. The van der Waals surface area contributed by atoms with E-state index in [0.29, 0.717) is 24.4 Å². The SMILES string of the molecule is COCCNC(=O)Cn1c(=O)oc2cc(S(=O)(=O)N(C)c3ccccc3)ccc21. The van der Waals surface area contributed by atoms with Gasteiger partial charge in [-0.2, -0.15) is 0 Å². The standard InChI is InChI=1S/C19H21N3O6S/c1-21(14-6-4-3-5-7-14)29(25,26)15-8-9-16-17(12-15)28-19(24)22(16)13-18(23)20-10-11-27-2/h3-9,12H,10-11,13H2,1-2H3,(H,20,23). The highest BCUT2D eigenvalue weighted by atomic mass is 32.2. The molecule has 0 spiro atoms. The van der Waals surface area contributed by atoms with E-state index < -0.39 is 15.8 Å². The third-order valence-corrected chi connectivity index (χ3v) is 6.13. The van der Waals surface area contributed by atoms with Crippen molar-refractivity contribution in [2.75, 3.05) is 31.6 Å². The van der Waals surface area contributed by atoms with E-state index in [1.165, 1.54) is 32.4 Å². The van der Waals surface area contributed by atoms with Crippen molar-refractivity contribution < 1.29 is 22.4 Å². The number of oxazole rings is 1. The number of benzene rings is 2. The Bertz CT molecular complexity index is 1170. The lowest BCUT2D eigenvalue weighted by Crippen LogP contribution is -2.32. The molecule has 1 N–H and O–H groups in total. The molecule has 10 heteroatoms. The van der Waals surface area contributed by atoms with Gasteiger partial charge >= 0.3 is 5.76 Å². The smallest absolute Gasteiger partial charge is 0.408 e. The summed E-state index contributed by atoms with van der Waals surface area (Å²) in [5.74, 6) is -1.12. The molecule has 1 aromatic heterocycles. The lowest BCUT2D eigenvalue weighted by molar-refractivity contribution is -0.121. The van der Waals surface area contributed by atoms with E-state index in [4.69, 9.17) is 9.15 Å². The highest BCUT2D eigenvalue weighted by molar-refractivity contribution is 7.92. The van der Waals surface area contributed by atoms with Crippen LogP contribution in [0.15, 0.2) is 62.6 Å². The molecule has 0 saturated heterocycles. The van der Waals surface area contributed by atoms with Gasteiger partial charge in [-0.15, -0.1) is 0 Å². The summed E-state index contributed by atoms with van der Waals surface area (Å²) in [6.07, 6.45) is 0. The molecule has 29 heavy (non-hydrogen) atoms. The number of para-hydroxylation sites is 1. The van der Waals surface area contributed by atoms with Gasteiger partial charge in [0.2, 0.25) is 5.91 Å². The molecule has 3 aromatic rings. The molecule has 0 atom stereocenters. The van der Waals surface area contributed by atoms with E-state index in [-0.39, 0.29) is 22.9 Å². The zero-order valence-electron chi connectivity index (χ0n) is 16.0. The summed E-state index contributed by atoms with van der Waals surface area (Å²) in [6, 6.07) is 12.7. The quantitative estimate of drug-likeness (QED) is 0.549. The van der Waals surface area contributed by atoms with Gasteiger partial charge in [0.1, 0.15) is 6.54 Å². The number of fused-ring (bicyclic) bond motifs is 1. The first-order valence-corrected chi connectivity index (χ1v) is 10.2. The van der Waals surface area contributed by atoms with Gasteiger partial charge in [-0.3, -0.25) is 13.7 Å². The van der Waals surface area contributed by atoms with Gasteiger partial charge in [0.25, 0.3) is 10.0 Å². The molecular weight excluding hydrogens is 398 g/mol. The number of anilines is 1. The molecule has 9 nitrogen and oxygen atoms in total. The Labute approximate surface area is 167 Å². The van der Waals surface area contributed by atoms with E-state index in [9.17, 15) is 18.0 Å². The van der Waals surface area contributed by atoms with Crippen LogP contribution in [-0.4, -0.2) is 46.2 Å². The number of nitrogens with one attached hydrogen (secondary N) is 1. The fraction of sp³-hybridized carbons (Fsp3) is 0.263. The summed E-state index contributed by atoms with van der Waals surface area (Å²) < 4.78 is 38.1. The van der Waals surface area contributed by atoms with Gasteiger partial charge in [-0.25, -0.2) is 13.2 Å². The van der Waals surface area contributed by atoms with E-state index in [2.05, 4.69) is 5.32 Å². The largest absolute Gasteiger partial charge is 0.420 e. The normalized spacial score (nSPS) is 11.5. The first kappa shape index (κ1) is 20.6. The highest BCUT2D eigenvalue weighted by Gasteiger charge is 2.23. The van der Waals surface area contributed by atoms with Gasteiger partial charge in [-0.05, 0) is 24.3 Å². The molecule has 2 aromatic carbocycles. The highest BCUT2D eigenvalue weighted by Crippen LogP contribution is 2.24. The fourth-order valence-corrected chi connectivity index (χ4v) is 4.00. The summed E-state index contributed by atoms with van der Waals surface area (Å²) in [5, 5.41) is 2.61. The predicted octanol–water partition coefficient (Wildman–Crippen LogP) is 1.18. The number of rotatable bonds is 8. The van der Waals surface area contributed by atoms with Crippen LogP contribution >= 0.6 is 0 Å². The van der Waals surface area contributed by atoms with Gasteiger partial charge in [-0.1, -0.05) is 18.2 Å². The summed E-state index contributed by atoms with van der Waals surface area (Å²) in [6.45, 7) is 0.419. The third-order valence-electron chi connectivity index (χ3n) is 4.35. The van der Waals surface area contributed by atoms with Crippen LogP contribution in [0.2, 0.25) is 0 Å². The summed E-state index contributed by atoms with van der Waals surface area (Å²) in [4.78, 5) is 24.1. The fourth-order valence-electron chi connectivity index (χ4n) is 2.78. The molecule has 0 fully saturated rings. The molecule has 0 aliphatic rings. The van der Waals surface area contributed by atoms with Crippen molar-refractivity contribution in [1.29, 1.82) is 0 Å². The Morgan fingerprint density at radius 1 is 1.21 bits per heavy atom. The molecule has 3 rings (SSSR count).